The second kappa shape index (κ2) is 9.12. The number of rotatable bonds is 7. The van der Waals surface area contributed by atoms with Crippen molar-refractivity contribution in [3.8, 4) is 10.4 Å². The monoisotopic (exact) mass is 476 g/mol. The highest BCUT2D eigenvalue weighted by Crippen LogP contribution is 2.40. The lowest BCUT2D eigenvalue weighted by Crippen LogP contribution is -2.16. The number of ether oxygens (including phenoxy) is 1. The second-order valence-corrected chi connectivity index (χ2v) is 8.80. The molecule has 0 aliphatic rings. The van der Waals surface area contributed by atoms with E-state index in [9.17, 15) is 23.5 Å². The Bertz CT molecular complexity index is 1200. The maximum atomic E-state index is 14.8. The Labute approximate surface area is 192 Å². The van der Waals surface area contributed by atoms with E-state index in [1.54, 1.807) is 25.1 Å². The molecule has 0 aliphatic heterocycles. The molecule has 0 aliphatic carbocycles. The molecule has 8 nitrogen and oxygen atoms in total. The van der Waals surface area contributed by atoms with Crippen LogP contribution in [0.5, 0.6) is 0 Å². The van der Waals surface area contributed by atoms with Crippen LogP contribution in [0.1, 0.15) is 48.5 Å². The molecule has 2 heterocycles. The van der Waals surface area contributed by atoms with E-state index in [0.29, 0.717) is 5.69 Å². The molecule has 11 heteroatoms. The van der Waals surface area contributed by atoms with Gasteiger partial charge in [0.25, 0.3) is 5.91 Å². The van der Waals surface area contributed by atoms with Gasteiger partial charge in [0.1, 0.15) is 28.6 Å². The number of nitrogens with two attached hydrogens (primary N) is 2. The molecule has 174 valence electrons. The van der Waals surface area contributed by atoms with Crippen molar-refractivity contribution >= 4 is 34.2 Å². The summed E-state index contributed by atoms with van der Waals surface area (Å²) in [7, 11) is 0. The molecular weight excluding hydrogens is 454 g/mol. The molecule has 6 N–H and O–H groups in total. The SMILES string of the molecule is CC(OC(N)=O)c1cccc(Nc2sc(-c3c(F)cc(C(C)(C)O)cc3F)cc2C(N)=O)n1. The van der Waals surface area contributed by atoms with Gasteiger partial charge in [0.2, 0.25) is 0 Å². The number of pyridine rings is 1. The lowest BCUT2D eigenvalue weighted by Gasteiger charge is -2.18. The first-order chi connectivity index (χ1) is 15.4. The van der Waals surface area contributed by atoms with Gasteiger partial charge in [0.15, 0.2) is 0 Å². The summed E-state index contributed by atoms with van der Waals surface area (Å²) in [6.07, 6.45) is -1.68. The van der Waals surface area contributed by atoms with Gasteiger partial charge in [-0.1, -0.05) is 6.07 Å². The number of halogens is 2. The zero-order valence-electron chi connectivity index (χ0n) is 18.0. The Balaban J connectivity index is 2.00. The normalized spacial score (nSPS) is 12.3. The van der Waals surface area contributed by atoms with E-state index < -0.39 is 35.3 Å². The van der Waals surface area contributed by atoms with Crippen LogP contribution in [0.25, 0.3) is 10.4 Å². The lowest BCUT2D eigenvalue weighted by molar-refractivity contribution is 0.0778. The smallest absolute Gasteiger partial charge is 0.405 e. The van der Waals surface area contributed by atoms with Crippen LogP contribution >= 0.6 is 11.3 Å². The van der Waals surface area contributed by atoms with Gasteiger partial charge >= 0.3 is 6.09 Å². The molecule has 2 aromatic heterocycles. The number of carbonyl (C=O) groups excluding carboxylic acids is 2. The molecule has 0 spiro atoms. The molecule has 2 amide bonds. The van der Waals surface area contributed by atoms with Crippen molar-refractivity contribution in [2.75, 3.05) is 5.32 Å². The van der Waals surface area contributed by atoms with Crippen LogP contribution in [0.4, 0.5) is 24.4 Å². The van der Waals surface area contributed by atoms with Crippen LogP contribution in [-0.4, -0.2) is 22.1 Å². The molecule has 3 rings (SSSR count). The van der Waals surface area contributed by atoms with Crippen LogP contribution in [0, 0.1) is 11.6 Å². The highest BCUT2D eigenvalue weighted by Gasteiger charge is 2.24. The van der Waals surface area contributed by atoms with Crippen LogP contribution in [-0.2, 0) is 10.3 Å². The van der Waals surface area contributed by atoms with Crippen molar-refractivity contribution in [2.24, 2.45) is 11.5 Å². The predicted octanol–water partition coefficient (Wildman–Crippen LogP) is 4.31. The van der Waals surface area contributed by atoms with Crippen LogP contribution in [0.15, 0.2) is 36.4 Å². The number of hydrogen-bond donors (Lipinski definition) is 4. The average Bonchev–Trinajstić information content (AvgIpc) is 3.10. The third kappa shape index (κ3) is 5.44. The molecule has 0 bridgehead atoms. The minimum absolute atomic E-state index is 0.00834. The largest absolute Gasteiger partial charge is 0.440 e. The quantitative estimate of drug-likeness (QED) is 0.400. The van der Waals surface area contributed by atoms with Crippen molar-refractivity contribution in [1.82, 2.24) is 4.98 Å². The van der Waals surface area contributed by atoms with Gasteiger partial charge in [-0.3, -0.25) is 4.79 Å². The summed E-state index contributed by atoms with van der Waals surface area (Å²) in [6.45, 7) is 4.41. The number of nitrogens with zero attached hydrogens (tertiary/aromatic N) is 1. The highest BCUT2D eigenvalue weighted by molar-refractivity contribution is 7.20. The molecule has 33 heavy (non-hydrogen) atoms. The number of aliphatic hydroxyl groups is 1. The maximum absolute atomic E-state index is 14.8. The van der Waals surface area contributed by atoms with E-state index in [2.05, 4.69) is 10.3 Å². The van der Waals surface area contributed by atoms with Gasteiger partial charge in [0, 0.05) is 4.88 Å². The Morgan fingerprint density at radius 2 is 1.82 bits per heavy atom. The number of carbonyl (C=O) groups is 2. The van der Waals surface area contributed by atoms with E-state index in [-0.39, 0.29) is 32.4 Å². The lowest BCUT2D eigenvalue weighted by atomic mass is 9.96. The summed E-state index contributed by atoms with van der Waals surface area (Å²) in [5.74, 6) is -2.32. The summed E-state index contributed by atoms with van der Waals surface area (Å²) in [4.78, 5) is 27.4. The third-order valence-corrected chi connectivity index (χ3v) is 5.78. The van der Waals surface area contributed by atoms with E-state index in [1.165, 1.54) is 19.9 Å². The van der Waals surface area contributed by atoms with Crippen molar-refractivity contribution < 1.29 is 28.2 Å². The first-order valence-corrected chi connectivity index (χ1v) is 10.5. The van der Waals surface area contributed by atoms with E-state index in [0.717, 1.165) is 23.5 Å². The highest BCUT2D eigenvalue weighted by atomic mass is 32.1. The van der Waals surface area contributed by atoms with Crippen molar-refractivity contribution in [3.05, 3.63) is 64.9 Å². The summed E-state index contributed by atoms with van der Waals surface area (Å²) in [5.41, 5.74) is 9.17. The summed E-state index contributed by atoms with van der Waals surface area (Å²) >= 11 is 0.903. The fourth-order valence-electron chi connectivity index (χ4n) is 3.05. The number of amides is 2. The number of thiophene rings is 1. The number of nitrogens with one attached hydrogen (secondary N) is 1. The molecule has 0 saturated heterocycles. The van der Waals surface area contributed by atoms with Gasteiger partial charge < -0.3 is 26.6 Å². The number of benzene rings is 1. The summed E-state index contributed by atoms with van der Waals surface area (Å²) < 4.78 is 34.5. The molecular formula is C22H22F2N4O4S. The number of primary amides is 2. The topological polar surface area (TPSA) is 141 Å². The second-order valence-electron chi connectivity index (χ2n) is 7.74. The van der Waals surface area contributed by atoms with Crippen molar-refractivity contribution in [2.45, 2.75) is 32.5 Å². The molecule has 0 fully saturated rings. The van der Waals surface area contributed by atoms with Crippen LogP contribution < -0.4 is 16.8 Å². The van der Waals surface area contributed by atoms with Gasteiger partial charge in [-0.05, 0) is 56.7 Å². The van der Waals surface area contributed by atoms with E-state index in [1.807, 2.05) is 0 Å². The van der Waals surface area contributed by atoms with Crippen molar-refractivity contribution in [1.29, 1.82) is 0 Å². The summed E-state index contributed by atoms with van der Waals surface area (Å²) in [6, 6.07) is 8.20. The van der Waals surface area contributed by atoms with Gasteiger partial charge in [-0.2, -0.15) is 0 Å². The number of aromatic nitrogens is 1. The Morgan fingerprint density at radius 1 is 1.18 bits per heavy atom. The van der Waals surface area contributed by atoms with Crippen molar-refractivity contribution in [3.63, 3.8) is 0 Å². The number of hydrogen-bond acceptors (Lipinski definition) is 7. The summed E-state index contributed by atoms with van der Waals surface area (Å²) in [5, 5.41) is 13.2. The van der Waals surface area contributed by atoms with Gasteiger partial charge in [-0.15, -0.1) is 11.3 Å². The fraction of sp³-hybridized carbons (Fsp3) is 0.227. The van der Waals surface area contributed by atoms with Gasteiger partial charge in [-0.25, -0.2) is 18.6 Å². The zero-order valence-corrected chi connectivity index (χ0v) is 18.8. The molecule has 0 radical (unpaired) electrons. The Morgan fingerprint density at radius 3 is 2.36 bits per heavy atom. The standard InChI is InChI=1S/C22H22F2N4O4S/c1-10(32-21(26)30)15-5-4-6-17(27-15)28-20-12(19(25)29)9-16(33-20)18-13(23)7-11(8-14(18)24)22(2,3)31/h4-10,31H,1-3H3,(H2,25,29)(H2,26,30)(H,27,28). The van der Waals surface area contributed by atoms with E-state index >= 15 is 0 Å². The van der Waals surface area contributed by atoms with Crippen LogP contribution in [0.3, 0.4) is 0 Å². The molecule has 1 unspecified atom stereocenters. The third-order valence-electron chi connectivity index (χ3n) is 4.71. The zero-order chi connectivity index (χ0) is 24.5. The maximum Gasteiger partial charge on any atom is 0.405 e. The van der Waals surface area contributed by atoms with Gasteiger partial charge in [0.05, 0.1) is 22.4 Å². The molecule has 0 saturated carbocycles. The minimum atomic E-state index is -1.44. The molecule has 1 atom stereocenters. The minimum Gasteiger partial charge on any atom is -0.440 e. The van der Waals surface area contributed by atoms with Crippen LogP contribution in [0.2, 0.25) is 0 Å². The molecule has 1 aromatic carbocycles. The predicted molar refractivity (Wildman–Crippen MR) is 120 cm³/mol. The first-order valence-electron chi connectivity index (χ1n) is 9.72. The van der Waals surface area contributed by atoms with E-state index in [4.69, 9.17) is 16.2 Å². The first kappa shape index (κ1) is 24.1. The fourth-order valence-corrected chi connectivity index (χ4v) is 4.17. The number of anilines is 2. The average molecular weight is 477 g/mol. The molecule has 3 aromatic rings. The Kier molecular flexibility index (Phi) is 6.65. The Hall–Kier alpha value is -3.57.